The Morgan fingerprint density at radius 3 is 2.67 bits per heavy atom. The molecule has 1 saturated carbocycles. The van der Waals surface area contributed by atoms with Crippen molar-refractivity contribution in [2.75, 3.05) is 6.61 Å². The van der Waals surface area contributed by atoms with Gasteiger partial charge in [-0.3, -0.25) is 4.79 Å². The Morgan fingerprint density at radius 2 is 2.00 bits per heavy atom. The van der Waals surface area contributed by atoms with Gasteiger partial charge in [-0.05, 0) is 43.4 Å². The minimum absolute atomic E-state index is 0.00616. The molecule has 1 aliphatic rings. The van der Waals surface area contributed by atoms with Gasteiger partial charge in [-0.15, -0.1) is 0 Å². The van der Waals surface area contributed by atoms with Crippen molar-refractivity contribution in [2.45, 2.75) is 77.3 Å². The van der Waals surface area contributed by atoms with Gasteiger partial charge in [0.15, 0.2) is 0 Å². The van der Waals surface area contributed by atoms with E-state index < -0.39 is 0 Å². The van der Waals surface area contributed by atoms with E-state index in [1.54, 1.807) is 0 Å². The molecule has 2 aromatic rings. The zero-order valence-corrected chi connectivity index (χ0v) is 16.7. The molecule has 0 radical (unpaired) electrons. The van der Waals surface area contributed by atoms with E-state index in [0.29, 0.717) is 17.5 Å². The van der Waals surface area contributed by atoms with E-state index in [1.807, 2.05) is 24.5 Å². The highest BCUT2D eigenvalue weighted by molar-refractivity contribution is 5.97. The number of imidazole rings is 1. The largest absolute Gasteiger partial charge is 0.394 e. The Balaban J connectivity index is 1.69. The quantitative estimate of drug-likeness (QED) is 0.720. The maximum atomic E-state index is 12.7. The van der Waals surface area contributed by atoms with E-state index in [-0.39, 0.29) is 18.6 Å². The number of aromatic nitrogens is 2. The van der Waals surface area contributed by atoms with Crippen LogP contribution in [0.25, 0.3) is 11.0 Å². The van der Waals surface area contributed by atoms with Gasteiger partial charge in [0, 0.05) is 11.6 Å². The average molecular weight is 372 g/mol. The summed E-state index contributed by atoms with van der Waals surface area (Å²) < 4.78 is 2.20. The molecule has 1 fully saturated rings. The number of hydrogen-bond acceptors (Lipinski definition) is 3. The smallest absolute Gasteiger partial charge is 0.251 e. The maximum Gasteiger partial charge on any atom is 0.251 e. The lowest BCUT2D eigenvalue weighted by Gasteiger charge is -2.26. The fourth-order valence-corrected chi connectivity index (χ4v) is 4.42. The molecule has 0 saturated heterocycles. The van der Waals surface area contributed by atoms with E-state index in [9.17, 15) is 9.90 Å². The highest BCUT2D eigenvalue weighted by atomic mass is 16.3. The number of rotatable bonds is 8. The number of nitrogens with one attached hydrogen (secondary N) is 1. The first kappa shape index (κ1) is 19.9. The molecule has 0 aliphatic heterocycles. The minimum Gasteiger partial charge on any atom is -0.394 e. The zero-order chi connectivity index (χ0) is 19.2. The van der Waals surface area contributed by atoms with Crippen molar-refractivity contribution in [3.8, 4) is 0 Å². The van der Waals surface area contributed by atoms with Gasteiger partial charge in [-0.25, -0.2) is 4.98 Å². The number of hydrogen-bond donors (Lipinski definition) is 2. The minimum atomic E-state index is -0.168. The van der Waals surface area contributed by atoms with Crippen LogP contribution in [0.15, 0.2) is 24.5 Å². The standard InChI is InChI=1S/C22H33N3O2/c1-3-19(4-2)25-15-23-20-13-17(10-11-21(20)25)22(27)24-18(14-26)12-16-8-6-5-7-9-16/h10-11,13,15-16,18-19,26H,3-9,12,14H2,1-2H3,(H,24,27)/t18-/m0/s1. The van der Waals surface area contributed by atoms with E-state index in [2.05, 4.69) is 28.7 Å². The summed E-state index contributed by atoms with van der Waals surface area (Å²) in [7, 11) is 0. The second-order valence-corrected chi connectivity index (χ2v) is 7.92. The van der Waals surface area contributed by atoms with Crippen molar-refractivity contribution in [2.24, 2.45) is 5.92 Å². The fraction of sp³-hybridized carbons (Fsp3) is 0.636. The van der Waals surface area contributed by atoms with Gasteiger partial charge in [0.25, 0.3) is 5.91 Å². The summed E-state index contributed by atoms with van der Waals surface area (Å²) in [5.74, 6) is 0.498. The van der Waals surface area contributed by atoms with Crippen molar-refractivity contribution < 1.29 is 9.90 Å². The molecular weight excluding hydrogens is 338 g/mol. The number of carbonyl (C=O) groups excluding carboxylic acids is 1. The molecule has 2 N–H and O–H groups in total. The van der Waals surface area contributed by atoms with Crippen molar-refractivity contribution in [1.82, 2.24) is 14.9 Å². The van der Waals surface area contributed by atoms with Gasteiger partial charge in [0.2, 0.25) is 0 Å². The monoisotopic (exact) mass is 371 g/mol. The average Bonchev–Trinajstić information content (AvgIpc) is 3.12. The first-order valence-electron chi connectivity index (χ1n) is 10.5. The summed E-state index contributed by atoms with van der Waals surface area (Å²) in [4.78, 5) is 17.2. The van der Waals surface area contributed by atoms with Crippen molar-refractivity contribution >= 4 is 16.9 Å². The molecule has 1 heterocycles. The second kappa shape index (κ2) is 9.36. The Labute approximate surface area is 162 Å². The summed E-state index contributed by atoms with van der Waals surface area (Å²) in [6, 6.07) is 5.98. The third-order valence-electron chi connectivity index (χ3n) is 6.07. The van der Waals surface area contributed by atoms with Crippen molar-refractivity contribution in [3.63, 3.8) is 0 Å². The van der Waals surface area contributed by atoms with Crippen LogP contribution in [0.1, 0.15) is 81.6 Å². The van der Waals surface area contributed by atoms with Crippen LogP contribution in [0.4, 0.5) is 0 Å². The van der Waals surface area contributed by atoms with Crippen LogP contribution < -0.4 is 5.32 Å². The van der Waals surface area contributed by atoms with Crippen LogP contribution in [0.3, 0.4) is 0 Å². The Hall–Kier alpha value is -1.88. The highest BCUT2D eigenvalue weighted by Crippen LogP contribution is 2.27. The van der Waals surface area contributed by atoms with Crippen LogP contribution >= 0.6 is 0 Å². The number of aliphatic hydroxyl groups is 1. The summed E-state index contributed by atoms with van der Waals surface area (Å²) >= 11 is 0. The Kier molecular flexibility index (Phi) is 6.89. The van der Waals surface area contributed by atoms with E-state index in [1.165, 1.54) is 32.1 Å². The number of aliphatic hydroxyl groups excluding tert-OH is 1. The van der Waals surface area contributed by atoms with Crippen LogP contribution in [0, 0.1) is 5.92 Å². The molecule has 1 amide bonds. The molecule has 0 bridgehead atoms. The lowest BCUT2D eigenvalue weighted by molar-refractivity contribution is 0.0902. The Morgan fingerprint density at radius 1 is 1.26 bits per heavy atom. The fourth-order valence-electron chi connectivity index (χ4n) is 4.42. The number of fused-ring (bicyclic) bond motifs is 1. The van der Waals surface area contributed by atoms with Crippen molar-refractivity contribution in [1.29, 1.82) is 0 Å². The number of carbonyl (C=O) groups is 1. The third-order valence-corrected chi connectivity index (χ3v) is 6.07. The SMILES string of the molecule is CCC(CC)n1cnc2cc(C(=O)N[C@H](CO)CC3CCCCC3)ccc21. The van der Waals surface area contributed by atoms with Crippen LogP contribution in [-0.2, 0) is 0 Å². The molecule has 1 atom stereocenters. The van der Waals surface area contributed by atoms with Crippen LogP contribution in [0.2, 0.25) is 0 Å². The molecule has 0 unspecified atom stereocenters. The first-order valence-corrected chi connectivity index (χ1v) is 10.5. The molecule has 1 aliphatic carbocycles. The lowest BCUT2D eigenvalue weighted by Crippen LogP contribution is -2.39. The third kappa shape index (κ3) is 4.70. The lowest BCUT2D eigenvalue weighted by atomic mass is 9.85. The molecule has 3 rings (SSSR count). The Bertz CT molecular complexity index is 745. The number of nitrogens with zero attached hydrogens (tertiary/aromatic N) is 2. The topological polar surface area (TPSA) is 67.2 Å². The molecule has 1 aromatic heterocycles. The van der Waals surface area contributed by atoms with Gasteiger partial charge in [-0.1, -0.05) is 46.0 Å². The molecular formula is C22H33N3O2. The van der Waals surface area contributed by atoms with Gasteiger partial charge in [0.05, 0.1) is 30.0 Å². The van der Waals surface area contributed by atoms with Crippen molar-refractivity contribution in [3.05, 3.63) is 30.1 Å². The van der Waals surface area contributed by atoms with Crippen LogP contribution in [-0.4, -0.2) is 33.2 Å². The summed E-state index contributed by atoms with van der Waals surface area (Å²) in [6.07, 6.45) is 11.2. The molecule has 27 heavy (non-hydrogen) atoms. The number of amides is 1. The zero-order valence-electron chi connectivity index (χ0n) is 16.7. The van der Waals surface area contributed by atoms with Gasteiger partial charge < -0.3 is 15.0 Å². The van der Waals surface area contributed by atoms with Gasteiger partial charge in [-0.2, -0.15) is 0 Å². The maximum absolute atomic E-state index is 12.7. The van der Waals surface area contributed by atoms with E-state index >= 15 is 0 Å². The highest BCUT2D eigenvalue weighted by Gasteiger charge is 2.21. The first-order chi connectivity index (χ1) is 13.2. The molecule has 0 spiro atoms. The predicted octanol–water partition coefficient (Wildman–Crippen LogP) is 4.46. The molecule has 1 aromatic carbocycles. The molecule has 5 nitrogen and oxygen atoms in total. The molecule has 5 heteroatoms. The normalized spacial score (nSPS) is 16.7. The van der Waals surface area contributed by atoms with Crippen LogP contribution in [0.5, 0.6) is 0 Å². The number of benzene rings is 1. The van der Waals surface area contributed by atoms with Gasteiger partial charge in [0.1, 0.15) is 0 Å². The van der Waals surface area contributed by atoms with E-state index in [0.717, 1.165) is 30.3 Å². The van der Waals surface area contributed by atoms with E-state index in [4.69, 9.17) is 0 Å². The summed E-state index contributed by atoms with van der Waals surface area (Å²) in [6.45, 7) is 4.36. The summed E-state index contributed by atoms with van der Waals surface area (Å²) in [5.41, 5.74) is 2.53. The van der Waals surface area contributed by atoms with Gasteiger partial charge >= 0.3 is 0 Å². The summed E-state index contributed by atoms with van der Waals surface area (Å²) in [5, 5.41) is 12.7. The second-order valence-electron chi connectivity index (χ2n) is 7.92. The molecule has 148 valence electrons. The predicted molar refractivity (Wildman–Crippen MR) is 109 cm³/mol.